The zero-order valence-corrected chi connectivity index (χ0v) is 38.6. The molecule has 0 unspecified atom stereocenters. The number of fused-ring (bicyclic) bond motifs is 7. The summed E-state index contributed by atoms with van der Waals surface area (Å²) in [5.41, 5.74) is 0.525. The van der Waals surface area contributed by atoms with Gasteiger partial charge in [-0.1, -0.05) is 39.3 Å². The molecule has 66 heavy (non-hydrogen) atoms. The van der Waals surface area contributed by atoms with E-state index >= 15 is 0 Å². The van der Waals surface area contributed by atoms with E-state index in [2.05, 4.69) is 26.8 Å². The van der Waals surface area contributed by atoms with Crippen molar-refractivity contribution in [2.75, 3.05) is 33.5 Å². The summed E-state index contributed by atoms with van der Waals surface area (Å²) < 4.78 is 48.0. The van der Waals surface area contributed by atoms with Crippen LogP contribution in [0, 0.1) is 46.3 Å². The summed E-state index contributed by atoms with van der Waals surface area (Å²) in [6.45, 7) is 7.10. The van der Waals surface area contributed by atoms with Crippen molar-refractivity contribution in [1.29, 1.82) is 0 Å². The molecule has 27 atom stereocenters. The minimum atomic E-state index is -1.78. The molecule has 12 N–H and O–H groups in total. The van der Waals surface area contributed by atoms with E-state index in [-0.39, 0.29) is 48.2 Å². The average molecular weight is 949 g/mol. The minimum absolute atomic E-state index is 0.000279. The van der Waals surface area contributed by atoms with Crippen LogP contribution in [0.2, 0.25) is 0 Å². The number of aliphatic hydroxyl groups excluding tert-OH is 12. The van der Waals surface area contributed by atoms with Gasteiger partial charge in [0.15, 0.2) is 24.7 Å². The Morgan fingerprint density at radius 2 is 1.32 bits per heavy atom. The molecule has 380 valence electrons. The van der Waals surface area contributed by atoms with E-state index in [9.17, 15) is 61.3 Å². The molecule has 0 spiro atoms. The van der Waals surface area contributed by atoms with E-state index in [1.54, 1.807) is 7.11 Å². The van der Waals surface area contributed by atoms with Crippen molar-refractivity contribution >= 4 is 0 Å². The van der Waals surface area contributed by atoms with E-state index in [4.69, 9.17) is 37.9 Å². The van der Waals surface area contributed by atoms with Gasteiger partial charge in [0.2, 0.25) is 0 Å². The van der Waals surface area contributed by atoms with Crippen molar-refractivity contribution in [3.63, 3.8) is 0 Å². The number of methoxy groups -OCH3 is 1. The summed E-state index contributed by atoms with van der Waals surface area (Å²) in [6, 6.07) is 0. The van der Waals surface area contributed by atoms with Crippen LogP contribution in [0.4, 0.5) is 0 Å². The van der Waals surface area contributed by atoms with Gasteiger partial charge >= 0.3 is 0 Å². The molecule has 0 amide bonds. The molecule has 20 heteroatoms. The van der Waals surface area contributed by atoms with Crippen molar-refractivity contribution < 1.29 is 99.2 Å². The van der Waals surface area contributed by atoms with Crippen LogP contribution in [-0.4, -0.2) is 211 Å². The molecule has 0 radical (unpaired) electrons. The summed E-state index contributed by atoms with van der Waals surface area (Å²) in [5, 5.41) is 126. The van der Waals surface area contributed by atoms with Crippen LogP contribution in [0.3, 0.4) is 0 Å². The summed E-state index contributed by atoms with van der Waals surface area (Å²) in [7, 11) is 1.70. The molecule has 0 aromatic carbocycles. The first-order valence-electron chi connectivity index (χ1n) is 24.0. The minimum Gasteiger partial charge on any atom is -0.394 e. The van der Waals surface area contributed by atoms with E-state index in [1.807, 2.05) is 6.92 Å². The number of hydrogen-bond acceptors (Lipinski definition) is 20. The highest BCUT2D eigenvalue weighted by atomic mass is 16.7. The molecule has 8 rings (SSSR count). The van der Waals surface area contributed by atoms with Crippen molar-refractivity contribution in [3.05, 3.63) is 11.6 Å². The number of hydrogen-bond donors (Lipinski definition) is 12. The lowest BCUT2D eigenvalue weighted by molar-refractivity contribution is -0.363. The van der Waals surface area contributed by atoms with Gasteiger partial charge in [0.1, 0.15) is 73.2 Å². The van der Waals surface area contributed by atoms with Gasteiger partial charge in [-0.15, -0.1) is 0 Å². The maximum atomic E-state index is 12.1. The maximum Gasteiger partial charge on any atom is 0.187 e. The van der Waals surface area contributed by atoms with E-state index in [0.29, 0.717) is 31.1 Å². The third-order valence-electron chi connectivity index (χ3n) is 17.8. The normalized spacial score (nSPS) is 54.2. The van der Waals surface area contributed by atoms with Crippen molar-refractivity contribution in [2.24, 2.45) is 46.3 Å². The number of allylic oxidation sites excluding steroid dienone is 1. The van der Waals surface area contributed by atoms with Gasteiger partial charge < -0.3 is 99.2 Å². The lowest BCUT2D eigenvalue weighted by Gasteiger charge is -2.60. The fourth-order valence-corrected chi connectivity index (χ4v) is 13.9. The third-order valence-corrected chi connectivity index (χ3v) is 17.8. The molecule has 7 fully saturated rings. The van der Waals surface area contributed by atoms with E-state index in [0.717, 1.165) is 31.3 Å². The molecular weight excluding hydrogens is 872 g/mol. The first-order chi connectivity index (χ1) is 31.3. The smallest absolute Gasteiger partial charge is 0.187 e. The molecule has 4 heterocycles. The van der Waals surface area contributed by atoms with Gasteiger partial charge in [0.05, 0.1) is 44.7 Å². The Hall–Kier alpha value is -1.06. The molecule has 0 aromatic heterocycles. The van der Waals surface area contributed by atoms with Crippen LogP contribution in [0.5, 0.6) is 0 Å². The Labute approximate surface area is 385 Å². The van der Waals surface area contributed by atoms with E-state index in [1.165, 1.54) is 0 Å². The largest absolute Gasteiger partial charge is 0.394 e. The predicted molar refractivity (Wildman–Crippen MR) is 225 cm³/mol. The summed E-state index contributed by atoms with van der Waals surface area (Å²) in [4.78, 5) is 0. The molecule has 0 aromatic rings. The Morgan fingerprint density at radius 1 is 0.727 bits per heavy atom. The topological polar surface area (TPSA) is 317 Å². The predicted octanol–water partition coefficient (Wildman–Crippen LogP) is -2.23. The molecule has 3 saturated carbocycles. The number of ether oxygens (including phenoxy) is 8. The monoisotopic (exact) mass is 948 g/mol. The highest BCUT2D eigenvalue weighted by Gasteiger charge is 2.69. The van der Waals surface area contributed by atoms with Gasteiger partial charge in [-0.3, -0.25) is 0 Å². The van der Waals surface area contributed by atoms with Crippen molar-refractivity contribution in [2.45, 2.75) is 195 Å². The first-order valence-corrected chi connectivity index (χ1v) is 24.0. The Bertz CT molecular complexity index is 1670. The van der Waals surface area contributed by atoms with Gasteiger partial charge in [-0.05, 0) is 73.5 Å². The summed E-state index contributed by atoms with van der Waals surface area (Å²) in [6.07, 6.45) is -15.8. The zero-order chi connectivity index (χ0) is 47.8. The molecule has 20 nitrogen and oxygen atoms in total. The van der Waals surface area contributed by atoms with Crippen LogP contribution in [0.1, 0.15) is 79.1 Å². The molecule has 8 aliphatic rings. The maximum absolute atomic E-state index is 12.1. The SMILES string of the molecule is CO[C@]1(CC[C@H](C)CO[C@@H]2O[C@H](CO)[C@@H](O)[C@H](O)[C@H]2O)O[C@H]2C[C@H]3[C@@H]4CC=C5C[C@@H](O[C@@H]6O[C@H](CO)[C@H](O[C@@H]7O[C@H](CO)[C@@H](O)[C@H](O)[C@H]7O)[C@H](O)[C@H]6O)C[C@@H](O)[C@]5(C)[C@H]4CC[C@]3(C)[C@H]2[C@@H]1C. The molecule has 4 aliphatic carbocycles. The Balaban J connectivity index is 0.879. The fourth-order valence-electron chi connectivity index (χ4n) is 13.9. The van der Waals surface area contributed by atoms with Crippen LogP contribution < -0.4 is 0 Å². The quantitative estimate of drug-likeness (QED) is 0.0820. The Morgan fingerprint density at radius 3 is 1.95 bits per heavy atom. The molecular formula is C46H76O20. The highest BCUT2D eigenvalue weighted by Crippen LogP contribution is 2.70. The lowest BCUT2D eigenvalue weighted by atomic mass is 9.46. The van der Waals surface area contributed by atoms with E-state index < -0.39 is 135 Å². The van der Waals surface area contributed by atoms with Crippen LogP contribution in [-0.2, 0) is 37.9 Å². The summed E-state index contributed by atoms with van der Waals surface area (Å²) in [5.74, 6) is 0.391. The van der Waals surface area contributed by atoms with Crippen molar-refractivity contribution in [3.8, 4) is 0 Å². The second-order valence-electron chi connectivity index (χ2n) is 21.3. The van der Waals surface area contributed by atoms with Gasteiger partial charge in [0, 0.05) is 31.3 Å². The average Bonchev–Trinajstić information content (AvgIpc) is 3.76. The van der Waals surface area contributed by atoms with Gasteiger partial charge in [-0.25, -0.2) is 0 Å². The second-order valence-corrected chi connectivity index (χ2v) is 21.3. The second kappa shape index (κ2) is 19.9. The molecule has 0 bridgehead atoms. The van der Waals surface area contributed by atoms with Gasteiger partial charge in [-0.2, -0.15) is 0 Å². The third kappa shape index (κ3) is 8.66. The number of rotatable bonds is 14. The standard InChI is InChI=1S/C46H76O20/c1-19(18-60-41-37(56)34(53)32(51)27(15-47)62-41)8-11-46(59-5)20(2)31-26(66-46)14-25-23-7-6-21-12-22(13-30(50)45(21,4)24(23)9-10-44(25,31)3)61-42-39(58)36(55)40(29(17-49)64-42)65-43-38(57)35(54)33(52)28(16-48)63-43/h6,19-20,22-43,47-58H,7-18H2,1-5H3/t19-,20-,22+,23+,24-,25-,26-,27+,28+,29+,30+,31-,32+,33+,34-,35-,36+,37+,38+,39+,40-,41+,42+,43-,44-,45-,46+/m0/s1. The molecule has 4 aliphatic heterocycles. The van der Waals surface area contributed by atoms with Crippen LogP contribution >= 0.6 is 0 Å². The first kappa shape index (κ1) is 51.3. The van der Waals surface area contributed by atoms with Crippen LogP contribution in [0.15, 0.2) is 11.6 Å². The van der Waals surface area contributed by atoms with Crippen molar-refractivity contribution in [1.82, 2.24) is 0 Å². The zero-order valence-electron chi connectivity index (χ0n) is 38.6. The fraction of sp³-hybridized carbons (Fsp3) is 0.957. The van der Waals surface area contributed by atoms with Gasteiger partial charge in [0.25, 0.3) is 0 Å². The molecule has 4 saturated heterocycles. The Kier molecular flexibility index (Phi) is 15.4. The highest BCUT2D eigenvalue weighted by molar-refractivity contribution is 5.28. The summed E-state index contributed by atoms with van der Waals surface area (Å²) >= 11 is 0. The van der Waals surface area contributed by atoms with Crippen LogP contribution in [0.25, 0.3) is 0 Å². The lowest BCUT2D eigenvalue weighted by Crippen LogP contribution is -2.65. The number of aliphatic hydroxyl groups is 12.